The van der Waals surface area contributed by atoms with E-state index in [2.05, 4.69) is 24.3 Å². The van der Waals surface area contributed by atoms with Crippen molar-refractivity contribution in [1.29, 1.82) is 0 Å². The average molecular weight is 386 g/mol. The Morgan fingerprint density at radius 2 is 1.90 bits per heavy atom. The van der Waals surface area contributed by atoms with Crippen LogP contribution in [0.5, 0.6) is 5.75 Å². The lowest BCUT2D eigenvalue weighted by Gasteiger charge is -2.25. The zero-order chi connectivity index (χ0) is 20.2. The van der Waals surface area contributed by atoms with Crippen molar-refractivity contribution in [1.82, 2.24) is 9.88 Å². The number of hydrogen-bond donors (Lipinski definition) is 0. The number of carbonyl (C=O) groups is 1. The minimum atomic E-state index is 0.0375. The van der Waals surface area contributed by atoms with Crippen molar-refractivity contribution >= 4 is 5.91 Å². The molecule has 0 unspecified atom stereocenters. The van der Waals surface area contributed by atoms with Gasteiger partial charge >= 0.3 is 0 Å². The van der Waals surface area contributed by atoms with E-state index in [1.807, 2.05) is 54.3 Å². The molecule has 0 aliphatic carbocycles. The minimum absolute atomic E-state index is 0.0375. The second-order valence-electron chi connectivity index (χ2n) is 7.56. The van der Waals surface area contributed by atoms with Gasteiger partial charge in [-0.25, -0.2) is 0 Å². The second-order valence-corrected chi connectivity index (χ2v) is 7.56. The zero-order valence-corrected chi connectivity index (χ0v) is 17.0. The van der Waals surface area contributed by atoms with Crippen LogP contribution in [0.4, 0.5) is 0 Å². The number of aromatic nitrogens is 1. The summed E-state index contributed by atoms with van der Waals surface area (Å²) < 4.78 is 5.29. The molecule has 1 aromatic heterocycles. The normalized spacial score (nSPS) is 16.1. The highest BCUT2D eigenvalue weighted by Gasteiger charge is 2.31. The largest absolute Gasteiger partial charge is 0.497 e. The third-order valence-electron chi connectivity index (χ3n) is 5.48. The van der Waals surface area contributed by atoms with Gasteiger partial charge in [-0.2, -0.15) is 0 Å². The highest BCUT2D eigenvalue weighted by molar-refractivity contribution is 5.79. The first kappa shape index (κ1) is 19.2. The second kappa shape index (κ2) is 8.48. The number of ether oxygens (including phenoxy) is 1. The molecule has 0 spiro atoms. The monoisotopic (exact) mass is 386 g/mol. The summed E-state index contributed by atoms with van der Waals surface area (Å²) in [5, 5.41) is 0. The molecule has 4 rings (SSSR count). The predicted molar refractivity (Wildman–Crippen MR) is 115 cm³/mol. The summed E-state index contributed by atoms with van der Waals surface area (Å²) in [6.07, 6.45) is 2.34. The first-order valence-electron chi connectivity index (χ1n) is 10.1. The van der Waals surface area contributed by atoms with E-state index < -0.39 is 0 Å². The smallest absolute Gasteiger partial charge is 0.227 e. The first-order valence-corrected chi connectivity index (χ1v) is 10.1. The van der Waals surface area contributed by atoms with Gasteiger partial charge in [0.2, 0.25) is 5.91 Å². The lowest BCUT2D eigenvalue weighted by atomic mass is 10.0. The zero-order valence-electron chi connectivity index (χ0n) is 17.0. The van der Waals surface area contributed by atoms with Crippen LogP contribution in [0, 0.1) is 6.92 Å². The Hall–Kier alpha value is -3.14. The average Bonchev–Trinajstić information content (AvgIpc) is 3.24. The molecule has 1 amide bonds. The van der Waals surface area contributed by atoms with Crippen molar-refractivity contribution in [3.8, 4) is 16.9 Å². The van der Waals surface area contributed by atoms with Gasteiger partial charge in [0.15, 0.2) is 0 Å². The van der Waals surface area contributed by atoms with Crippen LogP contribution in [0.3, 0.4) is 0 Å². The van der Waals surface area contributed by atoms with Crippen LogP contribution in [0.2, 0.25) is 0 Å². The fourth-order valence-electron chi connectivity index (χ4n) is 4.09. The van der Waals surface area contributed by atoms with Crippen LogP contribution in [-0.2, 0) is 11.2 Å². The predicted octanol–water partition coefficient (Wildman–Crippen LogP) is 4.97. The summed E-state index contributed by atoms with van der Waals surface area (Å²) >= 11 is 0. The lowest BCUT2D eigenvalue weighted by molar-refractivity contribution is -0.131. The van der Waals surface area contributed by atoms with Crippen LogP contribution in [-0.4, -0.2) is 29.4 Å². The van der Waals surface area contributed by atoms with Crippen molar-refractivity contribution in [2.45, 2.75) is 32.2 Å². The minimum Gasteiger partial charge on any atom is -0.497 e. The number of rotatable bonds is 5. The van der Waals surface area contributed by atoms with Gasteiger partial charge in [-0.3, -0.25) is 9.78 Å². The fraction of sp³-hybridized carbons (Fsp3) is 0.280. The van der Waals surface area contributed by atoms with Crippen LogP contribution >= 0.6 is 0 Å². The van der Waals surface area contributed by atoms with Crippen molar-refractivity contribution in [3.63, 3.8) is 0 Å². The highest BCUT2D eigenvalue weighted by atomic mass is 16.5. The Balaban J connectivity index is 1.58. The van der Waals surface area contributed by atoms with Gasteiger partial charge in [-0.1, -0.05) is 42.5 Å². The number of hydrogen-bond acceptors (Lipinski definition) is 3. The number of methoxy groups -OCH3 is 1. The number of carbonyl (C=O) groups excluding carboxylic acids is 1. The maximum Gasteiger partial charge on any atom is 0.227 e. The molecule has 0 radical (unpaired) electrons. The van der Waals surface area contributed by atoms with Crippen LogP contribution in [0.25, 0.3) is 11.1 Å². The van der Waals surface area contributed by atoms with Gasteiger partial charge in [0, 0.05) is 12.2 Å². The molecule has 1 saturated heterocycles. The molecule has 0 bridgehead atoms. The van der Waals surface area contributed by atoms with Crippen LogP contribution in [0.1, 0.15) is 35.8 Å². The quantitative estimate of drug-likeness (QED) is 0.622. The van der Waals surface area contributed by atoms with E-state index in [1.165, 1.54) is 5.56 Å². The topological polar surface area (TPSA) is 42.4 Å². The van der Waals surface area contributed by atoms with Gasteiger partial charge in [0.1, 0.15) is 5.75 Å². The molecule has 29 heavy (non-hydrogen) atoms. The molecule has 0 N–H and O–H groups in total. The molecule has 2 heterocycles. The third kappa shape index (κ3) is 4.32. The Kier molecular flexibility index (Phi) is 5.61. The van der Waals surface area contributed by atoms with Crippen LogP contribution < -0.4 is 4.74 Å². The SMILES string of the molecule is COc1cccc(CC(=O)N2CCC[C@H]2c2cc(-c3ccccc3)cc(C)n2)c1. The Morgan fingerprint density at radius 3 is 2.69 bits per heavy atom. The number of amides is 1. The number of pyridine rings is 1. The van der Waals surface area contributed by atoms with E-state index in [4.69, 9.17) is 9.72 Å². The van der Waals surface area contributed by atoms with E-state index in [9.17, 15) is 4.79 Å². The maximum absolute atomic E-state index is 13.1. The summed E-state index contributed by atoms with van der Waals surface area (Å²) in [4.78, 5) is 19.9. The summed E-state index contributed by atoms with van der Waals surface area (Å²) in [6, 6.07) is 22.4. The van der Waals surface area contributed by atoms with Gasteiger partial charge in [-0.05, 0) is 60.7 Å². The lowest BCUT2D eigenvalue weighted by Crippen LogP contribution is -2.32. The molecule has 148 valence electrons. The fourth-order valence-corrected chi connectivity index (χ4v) is 4.09. The Morgan fingerprint density at radius 1 is 1.07 bits per heavy atom. The molecule has 1 aliphatic rings. The first-order chi connectivity index (χ1) is 14.1. The molecule has 1 aliphatic heterocycles. The van der Waals surface area contributed by atoms with E-state index in [1.54, 1.807) is 7.11 Å². The van der Waals surface area contributed by atoms with E-state index in [0.29, 0.717) is 6.42 Å². The van der Waals surface area contributed by atoms with Crippen molar-refractivity contribution in [3.05, 3.63) is 83.7 Å². The van der Waals surface area contributed by atoms with E-state index in [-0.39, 0.29) is 11.9 Å². The standard InChI is InChI=1S/C25H26N2O2/c1-18-14-21(20-9-4-3-5-10-20)17-23(26-18)24-12-7-13-27(24)25(28)16-19-8-6-11-22(15-19)29-2/h3-6,8-11,14-15,17,24H,7,12-13,16H2,1-2H3/t24-/m0/s1. The molecular weight excluding hydrogens is 360 g/mol. The molecule has 4 nitrogen and oxygen atoms in total. The summed E-state index contributed by atoms with van der Waals surface area (Å²) in [6.45, 7) is 2.80. The third-order valence-corrected chi connectivity index (χ3v) is 5.48. The molecule has 4 heteroatoms. The summed E-state index contributed by atoms with van der Waals surface area (Å²) in [7, 11) is 1.64. The van der Waals surface area contributed by atoms with Gasteiger partial charge in [0.25, 0.3) is 0 Å². The van der Waals surface area contributed by atoms with Crippen molar-refractivity contribution in [2.24, 2.45) is 0 Å². The van der Waals surface area contributed by atoms with E-state index in [0.717, 1.165) is 47.7 Å². The highest BCUT2D eigenvalue weighted by Crippen LogP contribution is 2.34. The maximum atomic E-state index is 13.1. The van der Waals surface area contributed by atoms with Gasteiger partial charge in [0.05, 0.1) is 25.3 Å². The van der Waals surface area contributed by atoms with E-state index >= 15 is 0 Å². The van der Waals surface area contributed by atoms with Gasteiger partial charge in [-0.15, -0.1) is 0 Å². The molecular formula is C25H26N2O2. The molecule has 1 atom stereocenters. The Bertz CT molecular complexity index is 1000. The number of likely N-dealkylation sites (tertiary alicyclic amines) is 1. The number of nitrogens with zero attached hydrogens (tertiary/aromatic N) is 2. The number of aryl methyl sites for hydroxylation is 1. The number of benzene rings is 2. The summed E-state index contributed by atoms with van der Waals surface area (Å²) in [5.74, 6) is 0.923. The molecule has 3 aromatic rings. The summed E-state index contributed by atoms with van der Waals surface area (Å²) in [5.41, 5.74) is 5.27. The van der Waals surface area contributed by atoms with Crippen molar-refractivity contribution in [2.75, 3.05) is 13.7 Å². The molecule has 2 aromatic carbocycles. The molecule has 0 saturated carbocycles. The Labute approximate surface area is 172 Å². The molecule has 1 fully saturated rings. The van der Waals surface area contributed by atoms with Crippen LogP contribution in [0.15, 0.2) is 66.7 Å². The van der Waals surface area contributed by atoms with Crippen molar-refractivity contribution < 1.29 is 9.53 Å². The van der Waals surface area contributed by atoms with Gasteiger partial charge < -0.3 is 9.64 Å².